The van der Waals surface area contributed by atoms with E-state index >= 15 is 0 Å². The lowest BCUT2D eigenvalue weighted by atomic mass is 9.83. The summed E-state index contributed by atoms with van der Waals surface area (Å²) >= 11 is 0. The Kier molecular flexibility index (Phi) is 8.08. The van der Waals surface area contributed by atoms with Crippen LogP contribution in [0.4, 0.5) is 0 Å². The Morgan fingerprint density at radius 3 is 2.55 bits per heavy atom. The molecule has 3 aromatic rings. The number of carbonyl (C=O) groups excluding carboxylic acids is 2. The lowest BCUT2D eigenvalue weighted by Gasteiger charge is -2.46. The molecule has 8 nitrogen and oxygen atoms in total. The Labute approximate surface area is 248 Å². The van der Waals surface area contributed by atoms with Crippen LogP contribution in [0.1, 0.15) is 105 Å². The molecule has 3 atom stereocenters. The minimum atomic E-state index is -0.510. The molecule has 2 unspecified atom stereocenters. The van der Waals surface area contributed by atoms with Gasteiger partial charge in [-0.05, 0) is 62.1 Å². The molecule has 2 aliphatic rings. The topological polar surface area (TPSA) is 107 Å². The molecule has 220 valence electrons. The summed E-state index contributed by atoms with van der Waals surface area (Å²) in [4.78, 5) is 33.4. The van der Waals surface area contributed by atoms with Crippen LogP contribution in [0.25, 0.3) is 0 Å². The third kappa shape index (κ3) is 5.75. The van der Waals surface area contributed by atoms with Crippen molar-refractivity contribution in [1.29, 1.82) is 5.41 Å². The van der Waals surface area contributed by atoms with Crippen LogP contribution in [0, 0.1) is 5.41 Å². The lowest BCUT2D eigenvalue weighted by Crippen LogP contribution is -2.62. The standard InChI is InChI=1S/C34H41N5O3/c1-6-34(7-2)20-29(40)39(32(35)38-34)30(22(3)25-14-11-17-36-21-25)23-12-10-13-24(18-23)31(41)37-27-19-33(4,5)42-28-16-9-8-15-26(27)28/h8-18,21-22,27,30H,6-7,19-20H2,1-5H3,(H2,35,38)(H,37,41)/t22?,27-,30?/m0/s1. The normalized spacial score (nSPS) is 20.5. The molecule has 1 saturated heterocycles. The highest BCUT2D eigenvalue weighted by atomic mass is 16.5. The Hall–Kier alpha value is -4.20. The second kappa shape index (κ2) is 11.6. The van der Waals surface area contributed by atoms with Gasteiger partial charge in [0.1, 0.15) is 11.4 Å². The SMILES string of the molecule is CCC1(CC)CC(=O)N(C(c2cccc(C(=O)N[C@H]3CC(C)(C)Oc4ccccc43)c2)C(C)c2cccnc2)C(=N)N1. The summed E-state index contributed by atoms with van der Waals surface area (Å²) in [5.41, 5.74) is 2.33. The molecule has 3 heterocycles. The van der Waals surface area contributed by atoms with E-state index in [9.17, 15) is 9.59 Å². The molecule has 2 amide bonds. The van der Waals surface area contributed by atoms with E-state index in [2.05, 4.69) is 15.6 Å². The van der Waals surface area contributed by atoms with Gasteiger partial charge in [-0.25, -0.2) is 0 Å². The van der Waals surface area contributed by atoms with Crippen molar-refractivity contribution in [3.05, 3.63) is 95.3 Å². The van der Waals surface area contributed by atoms with E-state index in [1.165, 1.54) is 0 Å². The van der Waals surface area contributed by atoms with Crippen molar-refractivity contribution >= 4 is 17.8 Å². The van der Waals surface area contributed by atoms with Crippen molar-refractivity contribution in [3.8, 4) is 5.75 Å². The monoisotopic (exact) mass is 567 g/mol. The number of amides is 2. The van der Waals surface area contributed by atoms with Gasteiger partial charge in [-0.1, -0.05) is 57.2 Å². The quantitative estimate of drug-likeness (QED) is 0.297. The van der Waals surface area contributed by atoms with E-state index in [0.29, 0.717) is 18.4 Å². The van der Waals surface area contributed by atoms with Gasteiger partial charge >= 0.3 is 0 Å². The minimum absolute atomic E-state index is 0.0894. The summed E-state index contributed by atoms with van der Waals surface area (Å²) in [5.74, 6) is 0.381. The molecule has 0 bridgehead atoms. The molecular formula is C34H41N5O3. The van der Waals surface area contributed by atoms with E-state index in [1.54, 1.807) is 23.4 Å². The fourth-order valence-corrected chi connectivity index (χ4v) is 6.35. The number of ether oxygens (including phenoxy) is 1. The number of hydrogen-bond acceptors (Lipinski definition) is 5. The van der Waals surface area contributed by atoms with Crippen LogP contribution in [0.15, 0.2) is 73.1 Å². The fraction of sp³-hybridized carbons (Fsp3) is 0.412. The maximum atomic E-state index is 13.8. The van der Waals surface area contributed by atoms with E-state index in [1.807, 2.05) is 89.2 Å². The molecule has 0 aliphatic carbocycles. The van der Waals surface area contributed by atoms with Gasteiger partial charge in [-0.2, -0.15) is 0 Å². The average Bonchev–Trinajstić information content (AvgIpc) is 2.98. The molecule has 1 fully saturated rings. The summed E-state index contributed by atoms with van der Waals surface area (Å²) in [7, 11) is 0. The number of nitrogens with zero attached hydrogens (tertiary/aromatic N) is 2. The van der Waals surface area contributed by atoms with Gasteiger partial charge in [0, 0.05) is 41.4 Å². The largest absolute Gasteiger partial charge is 0.487 e. The summed E-state index contributed by atoms with van der Waals surface area (Å²) in [6.45, 7) is 10.2. The summed E-state index contributed by atoms with van der Waals surface area (Å²) < 4.78 is 6.15. The zero-order valence-electron chi connectivity index (χ0n) is 25.1. The van der Waals surface area contributed by atoms with Crippen LogP contribution in [0.2, 0.25) is 0 Å². The molecule has 2 aliphatic heterocycles. The van der Waals surface area contributed by atoms with Crippen LogP contribution < -0.4 is 15.4 Å². The summed E-state index contributed by atoms with van der Waals surface area (Å²) in [6.07, 6.45) is 5.95. The van der Waals surface area contributed by atoms with Gasteiger partial charge in [0.15, 0.2) is 5.96 Å². The van der Waals surface area contributed by atoms with Gasteiger partial charge in [0.2, 0.25) is 5.91 Å². The Bertz CT molecular complexity index is 1450. The van der Waals surface area contributed by atoms with Crippen LogP contribution in [-0.2, 0) is 4.79 Å². The van der Waals surface area contributed by atoms with Gasteiger partial charge in [-0.3, -0.25) is 24.9 Å². The Morgan fingerprint density at radius 2 is 1.86 bits per heavy atom. The number of carbonyl (C=O) groups is 2. The first-order valence-corrected chi connectivity index (χ1v) is 14.8. The first kappa shape index (κ1) is 29.3. The molecular weight excluding hydrogens is 526 g/mol. The highest BCUT2D eigenvalue weighted by Crippen LogP contribution is 2.41. The van der Waals surface area contributed by atoms with Crippen molar-refractivity contribution in [2.45, 2.75) is 89.4 Å². The number of guanidine groups is 1. The lowest BCUT2D eigenvalue weighted by molar-refractivity contribution is -0.133. The number of benzene rings is 2. The zero-order valence-corrected chi connectivity index (χ0v) is 25.1. The zero-order chi connectivity index (χ0) is 30.1. The van der Waals surface area contributed by atoms with Gasteiger partial charge in [0.25, 0.3) is 5.91 Å². The molecule has 42 heavy (non-hydrogen) atoms. The maximum Gasteiger partial charge on any atom is 0.251 e. The number of para-hydroxylation sites is 1. The number of hydrogen-bond donors (Lipinski definition) is 3. The first-order chi connectivity index (χ1) is 20.1. The van der Waals surface area contributed by atoms with Gasteiger partial charge in [-0.15, -0.1) is 0 Å². The molecule has 0 spiro atoms. The van der Waals surface area contributed by atoms with E-state index in [-0.39, 0.29) is 29.7 Å². The van der Waals surface area contributed by atoms with Crippen molar-refractivity contribution in [3.63, 3.8) is 0 Å². The third-order valence-corrected chi connectivity index (χ3v) is 8.87. The highest BCUT2D eigenvalue weighted by Gasteiger charge is 2.44. The number of rotatable bonds is 8. The minimum Gasteiger partial charge on any atom is -0.487 e. The Balaban J connectivity index is 1.49. The van der Waals surface area contributed by atoms with Crippen molar-refractivity contribution < 1.29 is 14.3 Å². The van der Waals surface area contributed by atoms with Crippen LogP contribution in [-0.4, -0.2) is 38.8 Å². The number of aromatic nitrogens is 1. The Morgan fingerprint density at radius 1 is 1.12 bits per heavy atom. The molecule has 5 rings (SSSR count). The molecule has 3 N–H and O–H groups in total. The summed E-state index contributed by atoms with van der Waals surface area (Å²) in [5, 5.41) is 15.6. The highest BCUT2D eigenvalue weighted by molar-refractivity contribution is 6.00. The van der Waals surface area contributed by atoms with Crippen molar-refractivity contribution in [2.75, 3.05) is 0 Å². The molecule has 1 aromatic heterocycles. The van der Waals surface area contributed by atoms with E-state index in [4.69, 9.17) is 10.1 Å². The van der Waals surface area contributed by atoms with Crippen molar-refractivity contribution in [1.82, 2.24) is 20.5 Å². The van der Waals surface area contributed by atoms with Crippen LogP contribution in [0.5, 0.6) is 5.75 Å². The predicted octanol–water partition coefficient (Wildman–Crippen LogP) is 6.27. The molecule has 0 saturated carbocycles. The second-order valence-electron chi connectivity index (χ2n) is 12.2. The number of fused-ring (bicyclic) bond motifs is 1. The van der Waals surface area contributed by atoms with Gasteiger partial charge < -0.3 is 15.4 Å². The number of pyridine rings is 1. The smallest absolute Gasteiger partial charge is 0.251 e. The van der Waals surface area contributed by atoms with Crippen LogP contribution in [0.3, 0.4) is 0 Å². The van der Waals surface area contributed by atoms with Crippen LogP contribution >= 0.6 is 0 Å². The molecule has 8 heteroatoms. The fourth-order valence-electron chi connectivity index (χ4n) is 6.35. The average molecular weight is 568 g/mol. The molecule has 2 aromatic carbocycles. The predicted molar refractivity (Wildman–Crippen MR) is 163 cm³/mol. The van der Waals surface area contributed by atoms with E-state index in [0.717, 1.165) is 35.3 Å². The third-order valence-electron chi connectivity index (χ3n) is 8.87. The first-order valence-electron chi connectivity index (χ1n) is 14.8. The maximum absolute atomic E-state index is 13.8. The molecule has 0 radical (unpaired) electrons. The summed E-state index contributed by atoms with van der Waals surface area (Å²) in [6, 6.07) is 18.4. The second-order valence-corrected chi connectivity index (χ2v) is 12.2. The van der Waals surface area contributed by atoms with Gasteiger partial charge in [0.05, 0.1) is 18.5 Å². The van der Waals surface area contributed by atoms with E-state index < -0.39 is 17.2 Å². The number of nitrogens with one attached hydrogen (secondary N) is 3. The van der Waals surface area contributed by atoms with Crippen molar-refractivity contribution in [2.24, 2.45) is 0 Å².